The summed E-state index contributed by atoms with van der Waals surface area (Å²) in [6.45, 7) is 2.94. The molecule has 0 unspecified atom stereocenters. The fraction of sp³-hybridized carbons (Fsp3) is 0.200. The molecule has 0 aliphatic rings. The molecule has 0 aliphatic heterocycles. The van der Waals surface area contributed by atoms with Gasteiger partial charge in [-0.25, -0.2) is 0 Å². The van der Waals surface area contributed by atoms with Crippen LogP contribution in [-0.4, -0.2) is 6.54 Å². The molecule has 0 bridgehead atoms. The number of nitrogen functional groups attached to an aromatic ring is 1. The van der Waals surface area contributed by atoms with E-state index in [0.29, 0.717) is 10.7 Å². The van der Waals surface area contributed by atoms with Crippen LogP contribution < -0.4 is 11.1 Å². The van der Waals surface area contributed by atoms with Crippen molar-refractivity contribution in [3.63, 3.8) is 0 Å². The topological polar surface area (TPSA) is 38.0 Å². The van der Waals surface area contributed by atoms with E-state index in [1.807, 2.05) is 12.1 Å². The number of para-hydroxylation sites is 1. The number of benzene rings is 2. The number of rotatable bonds is 4. The maximum absolute atomic E-state index is 5.97. The molecule has 0 aromatic heterocycles. The fourth-order valence-electron chi connectivity index (χ4n) is 1.90. The van der Waals surface area contributed by atoms with E-state index in [-0.39, 0.29) is 0 Å². The average Bonchev–Trinajstić information content (AvgIpc) is 2.35. The summed E-state index contributed by atoms with van der Waals surface area (Å²) >= 11 is 5.97. The van der Waals surface area contributed by atoms with Gasteiger partial charge in [0.05, 0.1) is 16.4 Å². The van der Waals surface area contributed by atoms with Crippen LogP contribution in [0, 0.1) is 6.92 Å². The van der Waals surface area contributed by atoms with Crippen molar-refractivity contribution in [3.05, 3.63) is 58.6 Å². The van der Waals surface area contributed by atoms with Crippen molar-refractivity contribution in [1.82, 2.24) is 0 Å². The van der Waals surface area contributed by atoms with Crippen molar-refractivity contribution < 1.29 is 0 Å². The lowest BCUT2D eigenvalue weighted by molar-refractivity contribution is 1.02. The third kappa shape index (κ3) is 3.17. The minimum absolute atomic E-state index is 0.593. The Morgan fingerprint density at radius 1 is 1.17 bits per heavy atom. The molecule has 0 saturated heterocycles. The molecule has 3 heteroatoms. The summed E-state index contributed by atoms with van der Waals surface area (Å²) in [6.07, 6.45) is 0.966. The molecule has 3 N–H and O–H groups in total. The molecule has 94 valence electrons. The van der Waals surface area contributed by atoms with Gasteiger partial charge in [-0.2, -0.15) is 0 Å². The van der Waals surface area contributed by atoms with Crippen LogP contribution in [0.25, 0.3) is 0 Å². The number of hydrogen-bond acceptors (Lipinski definition) is 2. The maximum Gasteiger partial charge on any atom is 0.0739 e. The van der Waals surface area contributed by atoms with Crippen molar-refractivity contribution in [2.24, 2.45) is 0 Å². The maximum atomic E-state index is 5.97. The van der Waals surface area contributed by atoms with Gasteiger partial charge in [0.1, 0.15) is 0 Å². The van der Waals surface area contributed by atoms with Gasteiger partial charge in [-0.1, -0.05) is 47.5 Å². The van der Waals surface area contributed by atoms with Crippen molar-refractivity contribution in [1.29, 1.82) is 0 Å². The van der Waals surface area contributed by atoms with E-state index < -0.39 is 0 Å². The van der Waals surface area contributed by atoms with E-state index in [2.05, 4.69) is 36.5 Å². The molecule has 0 atom stereocenters. The quantitative estimate of drug-likeness (QED) is 0.819. The number of nitrogens with one attached hydrogen (secondary N) is 1. The van der Waals surface area contributed by atoms with Crippen LogP contribution in [0.5, 0.6) is 0 Å². The first-order chi connectivity index (χ1) is 8.66. The molecule has 0 fully saturated rings. The normalized spacial score (nSPS) is 10.3. The van der Waals surface area contributed by atoms with E-state index in [1.165, 1.54) is 11.1 Å². The molecule has 0 saturated carbocycles. The first kappa shape index (κ1) is 12.8. The van der Waals surface area contributed by atoms with Crippen LogP contribution in [-0.2, 0) is 6.42 Å². The van der Waals surface area contributed by atoms with Gasteiger partial charge >= 0.3 is 0 Å². The van der Waals surface area contributed by atoms with Crippen LogP contribution in [0.1, 0.15) is 11.1 Å². The molecule has 0 amide bonds. The first-order valence-electron chi connectivity index (χ1n) is 6.00. The van der Waals surface area contributed by atoms with Crippen LogP contribution in [0.2, 0.25) is 5.02 Å². The highest BCUT2D eigenvalue weighted by Crippen LogP contribution is 2.26. The Balaban J connectivity index is 1.94. The zero-order valence-electron chi connectivity index (χ0n) is 10.4. The van der Waals surface area contributed by atoms with Gasteiger partial charge in [-0.15, -0.1) is 0 Å². The first-order valence-corrected chi connectivity index (χ1v) is 6.38. The van der Waals surface area contributed by atoms with E-state index >= 15 is 0 Å². The second-order valence-corrected chi connectivity index (χ2v) is 4.77. The smallest absolute Gasteiger partial charge is 0.0739 e. The minimum atomic E-state index is 0.593. The molecule has 0 radical (unpaired) electrons. The number of nitrogens with two attached hydrogens (primary N) is 1. The highest BCUT2D eigenvalue weighted by molar-refractivity contribution is 6.33. The third-order valence-electron chi connectivity index (χ3n) is 2.86. The van der Waals surface area contributed by atoms with Crippen molar-refractivity contribution in [2.75, 3.05) is 17.6 Å². The van der Waals surface area contributed by atoms with Crippen LogP contribution in [0.4, 0.5) is 11.4 Å². The number of hydrogen-bond donors (Lipinski definition) is 2. The lowest BCUT2D eigenvalue weighted by Crippen LogP contribution is -2.07. The van der Waals surface area contributed by atoms with E-state index in [1.54, 1.807) is 6.07 Å². The predicted octanol–water partition coefficient (Wildman–Crippen LogP) is 3.89. The molecular formula is C15H17ClN2. The Labute approximate surface area is 113 Å². The standard InChI is InChI=1S/C15H17ClN2/c1-11-4-2-5-12(10-11)8-9-18-14-7-3-6-13(16)15(14)17/h2-7,10,18H,8-9,17H2,1H3. The minimum Gasteiger partial charge on any atom is -0.396 e. The molecule has 2 aromatic carbocycles. The predicted molar refractivity (Wildman–Crippen MR) is 79.2 cm³/mol. The van der Waals surface area contributed by atoms with Gasteiger partial charge in [0.25, 0.3) is 0 Å². The summed E-state index contributed by atoms with van der Waals surface area (Å²) < 4.78 is 0. The Hall–Kier alpha value is -1.67. The molecule has 2 aromatic rings. The van der Waals surface area contributed by atoms with Crippen LogP contribution >= 0.6 is 11.6 Å². The molecule has 0 aliphatic carbocycles. The average molecular weight is 261 g/mol. The lowest BCUT2D eigenvalue weighted by Gasteiger charge is -2.10. The molecule has 0 heterocycles. The lowest BCUT2D eigenvalue weighted by atomic mass is 10.1. The Kier molecular flexibility index (Phi) is 4.11. The summed E-state index contributed by atoms with van der Waals surface area (Å²) in [7, 11) is 0. The SMILES string of the molecule is Cc1cccc(CCNc2cccc(Cl)c2N)c1. The number of anilines is 2. The van der Waals surface area contributed by atoms with Crippen LogP contribution in [0.3, 0.4) is 0 Å². The molecule has 2 rings (SSSR count). The summed E-state index contributed by atoms with van der Waals surface area (Å²) in [5.41, 5.74) is 10.0. The fourth-order valence-corrected chi connectivity index (χ4v) is 2.07. The molecule has 2 nitrogen and oxygen atoms in total. The zero-order chi connectivity index (χ0) is 13.0. The van der Waals surface area contributed by atoms with E-state index in [0.717, 1.165) is 18.7 Å². The highest BCUT2D eigenvalue weighted by Gasteiger charge is 2.02. The monoisotopic (exact) mass is 260 g/mol. The Morgan fingerprint density at radius 3 is 2.72 bits per heavy atom. The number of halogens is 1. The van der Waals surface area contributed by atoms with Crippen molar-refractivity contribution >= 4 is 23.0 Å². The summed E-state index contributed by atoms with van der Waals surface area (Å²) in [5, 5.41) is 3.91. The molecule has 0 spiro atoms. The largest absolute Gasteiger partial charge is 0.396 e. The summed E-state index contributed by atoms with van der Waals surface area (Å²) in [5.74, 6) is 0. The summed E-state index contributed by atoms with van der Waals surface area (Å²) in [6, 6.07) is 14.1. The van der Waals surface area contributed by atoms with Crippen molar-refractivity contribution in [2.45, 2.75) is 13.3 Å². The zero-order valence-corrected chi connectivity index (χ0v) is 11.2. The highest BCUT2D eigenvalue weighted by atomic mass is 35.5. The van der Waals surface area contributed by atoms with Gasteiger partial charge in [0.15, 0.2) is 0 Å². The van der Waals surface area contributed by atoms with E-state index in [4.69, 9.17) is 17.3 Å². The van der Waals surface area contributed by atoms with Gasteiger partial charge in [-0.05, 0) is 31.0 Å². The van der Waals surface area contributed by atoms with E-state index in [9.17, 15) is 0 Å². The molecular weight excluding hydrogens is 244 g/mol. The Morgan fingerprint density at radius 2 is 1.94 bits per heavy atom. The Bertz CT molecular complexity index is 538. The molecule has 18 heavy (non-hydrogen) atoms. The van der Waals surface area contributed by atoms with Crippen molar-refractivity contribution in [3.8, 4) is 0 Å². The van der Waals surface area contributed by atoms with Gasteiger partial charge < -0.3 is 11.1 Å². The third-order valence-corrected chi connectivity index (χ3v) is 3.19. The van der Waals surface area contributed by atoms with Crippen LogP contribution in [0.15, 0.2) is 42.5 Å². The second kappa shape index (κ2) is 5.78. The second-order valence-electron chi connectivity index (χ2n) is 4.37. The van der Waals surface area contributed by atoms with Gasteiger partial charge in [-0.3, -0.25) is 0 Å². The van der Waals surface area contributed by atoms with Gasteiger partial charge in [0, 0.05) is 6.54 Å². The number of aryl methyl sites for hydroxylation is 1. The van der Waals surface area contributed by atoms with Gasteiger partial charge in [0.2, 0.25) is 0 Å². The summed E-state index contributed by atoms with van der Waals surface area (Å²) in [4.78, 5) is 0.